The predicted octanol–water partition coefficient (Wildman–Crippen LogP) is 2.76. The lowest BCUT2D eigenvalue weighted by atomic mass is 10.2. The van der Waals surface area contributed by atoms with Gasteiger partial charge >= 0.3 is 12.1 Å². The van der Waals surface area contributed by atoms with Crippen LogP contribution in [0.15, 0.2) is 22.9 Å². The van der Waals surface area contributed by atoms with Crippen molar-refractivity contribution in [3.63, 3.8) is 0 Å². The summed E-state index contributed by atoms with van der Waals surface area (Å²) >= 11 is 0. The summed E-state index contributed by atoms with van der Waals surface area (Å²) in [5.41, 5.74) is -1.95. The minimum atomic E-state index is -4.88. The van der Waals surface area contributed by atoms with Crippen molar-refractivity contribution in [3.05, 3.63) is 35.3 Å². The molecule has 2 aromatic rings. The molecule has 2 rings (SSSR count). The number of halogens is 3. The molecule has 19 heavy (non-hydrogen) atoms. The zero-order chi connectivity index (χ0) is 14.2. The topological polar surface area (TPSA) is 76.2 Å². The first-order valence-corrected chi connectivity index (χ1v) is 5.02. The average molecular weight is 272 g/mol. The van der Waals surface area contributed by atoms with Gasteiger partial charge in [-0.1, -0.05) is 0 Å². The van der Waals surface area contributed by atoms with Gasteiger partial charge in [0.05, 0.1) is 6.26 Å². The van der Waals surface area contributed by atoms with Crippen LogP contribution in [0.2, 0.25) is 0 Å². The van der Waals surface area contributed by atoms with Crippen molar-refractivity contribution in [3.8, 4) is 11.6 Å². The molecule has 0 aliphatic heterocycles. The molecular weight excluding hydrogens is 265 g/mol. The maximum absolute atomic E-state index is 12.7. The minimum Gasteiger partial charge on any atom is -0.478 e. The molecule has 2 heterocycles. The number of rotatable bonds is 2. The van der Waals surface area contributed by atoms with E-state index < -0.39 is 23.4 Å². The van der Waals surface area contributed by atoms with Gasteiger partial charge in [-0.2, -0.15) is 13.2 Å². The summed E-state index contributed by atoms with van der Waals surface area (Å²) in [5, 5.41) is 8.70. The average Bonchev–Trinajstić information content (AvgIpc) is 2.73. The minimum absolute atomic E-state index is 0.0717. The van der Waals surface area contributed by atoms with Crippen LogP contribution in [0.1, 0.15) is 21.6 Å². The third-order valence-corrected chi connectivity index (χ3v) is 2.35. The SMILES string of the molecule is Cc1ccoc1-c1ncc(C(=O)O)c(C(F)(F)F)n1. The number of furan rings is 1. The summed E-state index contributed by atoms with van der Waals surface area (Å²) in [6.07, 6.45) is -2.98. The third-order valence-electron chi connectivity index (χ3n) is 2.35. The quantitative estimate of drug-likeness (QED) is 0.909. The zero-order valence-electron chi connectivity index (χ0n) is 9.52. The lowest BCUT2D eigenvalue weighted by Crippen LogP contribution is -2.16. The van der Waals surface area contributed by atoms with Gasteiger partial charge in [0.1, 0.15) is 5.56 Å². The van der Waals surface area contributed by atoms with Gasteiger partial charge in [0.2, 0.25) is 0 Å². The molecule has 0 fully saturated rings. The number of carboxylic acids is 1. The summed E-state index contributed by atoms with van der Waals surface area (Å²) in [5.74, 6) is -1.97. The smallest absolute Gasteiger partial charge is 0.434 e. The van der Waals surface area contributed by atoms with E-state index in [2.05, 4.69) is 9.97 Å². The first kappa shape index (κ1) is 13.1. The number of aromatic carboxylic acids is 1. The molecule has 0 radical (unpaired) electrons. The number of aromatic nitrogens is 2. The molecule has 0 aliphatic carbocycles. The molecule has 0 saturated carbocycles. The van der Waals surface area contributed by atoms with Gasteiger partial charge in [0.15, 0.2) is 17.3 Å². The number of nitrogens with zero attached hydrogens (tertiary/aromatic N) is 2. The van der Waals surface area contributed by atoms with Gasteiger partial charge in [0.25, 0.3) is 0 Å². The Labute approximate surface area is 104 Å². The molecule has 5 nitrogen and oxygen atoms in total. The Morgan fingerprint density at radius 1 is 1.42 bits per heavy atom. The molecule has 0 spiro atoms. The van der Waals surface area contributed by atoms with Gasteiger partial charge in [0, 0.05) is 6.20 Å². The summed E-state index contributed by atoms with van der Waals surface area (Å²) in [7, 11) is 0. The van der Waals surface area contributed by atoms with E-state index in [0.717, 1.165) is 0 Å². The highest BCUT2D eigenvalue weighted by Crippen LogP contribution is 2.32. The molecule has 0 aromatic carbocycles. The monoisotopic (exact) mass is 272 g/mol. The Kier molecular flexibility index (Phi) is 3.01. The summed E-state index contributed by atoms with van der Waals surface area (Å²) < 4.78 is 43.2. The number of carboxylic acid groups (broad SMARTS) is 1. The Hall–Kier alpha value is -2.38. The van der Waals surface area contributed by atoms with Crippen LogP contribution in [-0.2, 0) is 6.18 Å². The number of carbonyl (C=O) groups is 1. The van der Waals surface area contributed by atoms with Gasteiger partial charge in [-0.3, -0.25) is 0 Å². The largest absolute Gasteiger partial charge is 0.478 e. The Balaban J connectivity index is 2.63. The van der Waals surface area contributed by atoms with Crippen LogP contribution in [0.4, 0.5) is 13.2 Å². The Morgan fingerprint density at radius 2 is 2.11 bits per heavy atom. The molecule has 8 heteroatoms. The first-order chi connectivity index (χ1) is 8.80. The molecule has 1 N–H and O–H groups in total. The molecule has 0 saturated heterocycles. The van der Waals surface area contributed by atoms with Gasteiger partial charge in [-0.05, 0) is 18.6 Å². The van der Waals surface area contributed by atoms with E-state index in [0.29, 0.717) is 11.8 Å². The van der Waals surface area contributed by atoms with Crippen LogP contribution < -0.4 is 0 Å². The van der Waals surface area contributed by atoms with E-state index >= 15 is 0 Å². The fraction of sp³-hybridized carbons (Fsp3) is 0.182. The number of hydrogen-bond acceptors (Lipinski definition) is 4. The van der Waals surface area contributed by atoms with E-state index in [1.807, 2.05) is 0 Å². The van der Waals surface area contributed by atoms with Crippen molar-refractivity contribution in [1.82, 2.24) is 9.97 Å². The number of aryl methyl sites for hydroxylation is 1. The molecule has 0 aliphatic rings. The Morgan fingerprint density at radius 3 is 2.58 bits per heavy atom. The molecule has 0 amide bonds. The molecule has 0 atom stereocenters. The maximum atomic E-state index is 12.7. The highest BCUT2D eigenvalue weighted by atomic mass is 19.4. The van der Waals surface area contributed by atoms with E-state index in [1.165, 1.54) is 12.3 Å². The number of alkyl halides is 3. The summed E-state index contributed by atoms with van der Waals surface area (Å²) in [6.45, 7) is 1.61. The molecule has 0 unspecified atom stereocenters. The van der Waals surface area contributed by atoms with Crippen LogP contribution in [0, 0.1) is 6.92 Å². The van der Waals surface area contributed by atoms with Gasteiger partial charge in [-0.25, -0.2) is 14.8 Å². The second-order valence-electron chi connectivity index (χ2n) is 3.69. The van der Waals surface area contributed by atoms with Crippen molar-refractivity contribution in [1.29, 1.82) is 0 Å². The maximum Gasteiger partial charge on any atom is 0.434 e. The van der Waals surface area contributed by atoms with Crippen LogP contribution in [-0.4, -0.2) is 21.0 Å². The van der Waals surface area contributed by atoms with E-state index in [-0.39, 0.29) is 11.6 Å². The van der Waals surface area contributed by atoms with Crippen molar-refractivity contribution in [2.24, 2.45) is 0 Å². The van der Waals surface area contributed by atoms with Crippen LogP contribution in [0.5, 0.6) is 0 Å². The zero-order valence-corrected chi connectivity index (χ0v) is 9.52. The lowest BCUT2D eigenvalue weighted by molar-refractivity contribution is -0.141. The second kappa shape index (κ2) is 4.38. The predicted molar refractivity (Wildman–Crippen MR) is 56.4 cm³/mol. The molecule has 2 aromatic heterocycles. The molecule has 0 bridgehead atoms. The first-order valence-electron chi connectivity index (χ1n) is 5.02. The van der Waals surface area contributed by atoms with Gasteiger partial charge < -0.3 is 9.52 Å². The van der Waals surface area contributed by atoms with Crippen molar-refractivity contribution in [2.75, 3.05) is 0 Å². The van der Waals surface area contributed by atoms with E-state index in [1.54, 1.807) is 6.92 Å². The van der Waals surface area contributed by atoms with E-state index in [4.69, 9.17) is 9.52 Å². The summed E-state index contributed by atoms with van der Waals surface area (Å²) in [4.78, 5) is 17.6. The van der Waals surface area contributed by atoms with Crippen molar-refractivity contribution < 1.29 is 27.5 Å². The normalized spacial score (nSPS) is 11.6. The summed E-state index contributed by atoms with van der Waals surface area (Å²) in [6, 6.07) is 1.54. The van der Waals surface area contributed by atoms with Gasteiger partial charge in [-0.15, -0.1) is 0 Å². The highest BCUT2D eigenvalue weighted by Gasteiger charge is 2.38. The lowest BCUT2D eigenvalue weighted by Gasteiger charge is -2.09. The second-order valence-corrected chi connectivity index (χ2v) is 3.69. The van der Waals surface area contributed by atoms with Crippen LogP contribution in [0.25, 0.3) is 11.6 Å². The van der Waals surface area contributed by atoms with Crippen LogP contribution >= 0.6 is 0 Å². The fourth-order valence-electron chi connectivity index (χ4n) is 1.47. The fourth-order valence-corrected chi connectivity index (χ4v) is 1.47. The third kappa shape index (κ3) is 2.42. The highest BCUT2D eigenvalue weighted by molar-refractivity contribution is 5.88. The standard InChI is InChI=1S/C11H7F3N2O3/c1-5-2-3-19-7(5)9-15-4-6(10(17)18)8(16-9)11(12,13)14/h2-4H,1H3,(H,17,18). The van der Waals surface area contributed by atoms with Crippen molar-refractivity contribution in [2.45, 2.75) is 13.1 Å². The van der Waals surface area contributed by atoms with E-state index in [9.17, 15) is 18.0 Å². The Bertz CT molecular complexity index is 634. The molecular formula is C11H7F3N2O3. The number of hydrogen-bond donors (Lipinski definition) is 1. The molecule has 100 valence electrons. The van der Waals surface area contributed by atoms with Crippen molar-refractivity contribution >= 4 is 5.97 Å². The van der Waals surface area contributed by atoms with Crippen LogP contribution in [0.3, 0.4) is 0 Å².